The Kier molecular flexibility index (Phi) is 6.47. The molecule has 8 nitrogen and oxygen atoms in total. The van der Waals surface area contributed by atoms with Gasteiger partial charge < -0.3 is 24.7 Å². The van der Waals surface area contributed by atoms with Crippen LogP contribution in [-0.2, 0) is 19.1 Å². The predicted octanol–water partition coefficient (Wildman–Crippen LogP) is 1.55. The molecule has 1 aliphatic carbocycles. The van der Waals surface area contributed by atoms with Crippen molar-refractivity contribution in [1.29, 1.82) is 0 Å². The summed E-state index contributed by atoms with van der Waals surface area (Å²) < 4.78 is 6.27. The molecular formula is C22H31BrN2O6. The van der Waals surface area contributed by atoms with Gasteiger partial charge in [-0.3, -0.25) is 14.4 Å². The van der Waals surface area contributed by atoms with Gasteiger partial charge in [0.25, 0.3) is 0 Å². The van der Waals surface area contributed by atoms with Crippen molar-refractivity contribution in [3.05, 3.63) is 12.7 Å². The SMILES string of the molecule is C=CCN(C(=O)[C@H]1N(CCCO)C(=O)[C@@H]2[C@@H](C(=O)O)[C@@H]3O[C@@]21CC3Br)C1CCCCC1. The number of ether oxygens (including phenoxy) is 1. The molecule has 0 radical (unpaired) electrons. The summed E-state index contributed by atoms with van der Waals surface area (Å²) in [6, 6.07) is -0.800. The number of aliphatic hydroxyl groups is 1. The van der Waals surface area contributed by atoms with E-state index in [4.69, 9.17) is 4.74 Å². The van der Waals surface area contributed by atoms with E-state index >= 15 is 0 Å². The number of alkyl halides is 1. The zero-order chi connectivity index (χ0) is 22.3. The molecule has 4 fully saturated rings. The molecule has 172 valence electrons. The first-order valence-electron chi connectivity index (χ1n) is 11.2. The van der Waals surface area contributed by atoms with Crippen LogP contribution in [0.1, 0.15) is 44.9 Å². The highest BCUT2D eigenvalue weighted by Crippen LogP contribution is 2.60. The minimum atomic E-state index is -1.15. The highest BCUT2D eigenvalue weighted by Gasteiger charge is 2.76. The van der Waals surface area contributed by atoms with E-state index in [1.165, 1.54) is 4.90 Å². The molecule has 9 heteroatoms. The molecule has 6 atom stereocenters. The van der Waals surface area contributed by atoms with E-state index in [1.54, 1.807) is 6.08 Å². The van der Waals surface area contributed by atoms with Crippen molar-refractivity contribution in [2.24, 2.45) is 11.8 Å². The fraction of sp³-hybridized carbons (Fsp3) is 0.773. The molecule has 2 bridgehead atoms. The van der Waals surface area contributed by atoms with Crippen LogP contribution in [0.15, 0.2) is 12.7 Å². The van der Waals surface area contributed by atoms with Crippen molar-refractivity contribution in [1.82, 2.24) is 9.80 Å². The first-order chi connectivity index (χ1) is 14.9. The van der Waals surface area contributed by atoms with E-state index in [1.807, 2.05) is 4.90 Å². The van der Waals surface area contributed by atoms with Crippen molar-refractivity contribution in [3.63, 3.8) is 0 Å². The summed E-state index contributed by atoms with van der Waals surface area (Å²) in [7, 11) is 0. The molecule has 4 aliphatic rings. The molecule has 31 heavy (non-hydrogen) atoms. The average Bonchev–Trinajstić information content (AvgIpc) is 3.34. The minimum absolute atomic E-state index is 0.0816. The van der Waals surface area contributed by atoms with E-state index in [-0.39, 0.29) is 35.8 Å². The summed E-state index contributed by atoms with van der Waals surface area (Å²) in [5, 5.41) is 19.2. The van der Waals surface area contributed by atoms with Crippen LogP contribution in [0, 0.1) is 11.8 Å². The third-order valence-electron chi connectivity index (χ3n) is 7.49. The number of carbonyl (C=O) groups is 3. The zero-order valence-corrected chi connectivity index (χ0v) is 19.2. The van der Waals surface area contributed by atoms with Gasteiger partial charge in [0.1, 0.15) is 11.6 Å². The molecule has 1 spiro atoms. The molecule has 0 aromatic carbocycles. The highest BCUT2D eigenvalue weighted by atomic mass is 79.9. The monoisotopic (exact) mass is 498 g/mol. The molecule has 0 aromatic heterocycles. The molecule has 2 amide bonds. The van der Waals surface area contributed by atoms with E-state index in [9.17, 15) is 24.6 Å². The normalized spacial score (nSPS) is 37.2. The molecular weight excluding hydrogens is 468 g/mol. The standard InChI is InChI=1S/C22H31BrN2O6/c1-2-9-24(13-7-4-3-5-8-13)20(28)18-22-12-14(23)17(31-22)15(21(29)30)16(22)19(27)25(18)10-6-11-26/h2,13-18,26H,1,3-12H2,(H,29,30)/t14?,15-,16+,17-,18-,22+/m1/s1. The van der Waals surface area contributed by atoms with Crippen molar-refractivity contribution in [2.45, 2.75) is 73.6 Å². The Morgan fingerprint density at radius 3 is 2.65 bits per heavy atom. The molecule has 4 rings (SSSR count). The first kappa shape index (κ1) is 22.7. The Morgan fingerprint density at radius 1 is 1.32 bits per heavy atom. The Morgan fingerprint density at radius 2 is 2.03 bits per heavy atom. The smallest absolute Gasteiger partial charge is 0.310 e. The zero-order valence-electron chi connectivity index (χ0n) is 17.6. The Labute approximate surface area is 190 Å². The number of carboxylic acids is 1. The molecule has 3 heterocycles. The molecule has 1 unspecified atom stereocenters. The summed E-state index contributed by atoms with van der Waals surface area (Å²) in [6.45, 7) is 4.29. The van der Waals surface area contributed by atoms with Crippen LogP contribution in [0.5, 0.6) is 0 Å². The van der Waals surface area contributed by atoms with Gasteiger partial charge in [-0.1, -0.05) is 41.3 Å². The average molecular weight is 499 g/mol. The van der Waals surface area contributed by atoms with Crippen LogP contribution < -0.4 is 0 Å². The molecule has 1 saturated carbocycles. The van der Waals surface area contributed by atoms with Gasteiger partial charge in [-0.25, -0.2) is 0 Å². The summed E-state index contributed by atoms with van der Waals surface area (Å²) in [5.74, 6) is -3.47. The maximum Gasteiger partial charge on any atom is 0.310 e. The largest absolute Gasteiger partial charge is 0.481 e. The van der Waals surface area contributed by atoms with E-state index < -0.39 is 35.6 Å². The van der Waals surface area contributed by atoms with E-state index in [0.29, 0.717) is 19.4 Å². The van der Waals surface area contributed by atoms with Crippen LogP contribution >= 0.6 is 15.9 Å². The lowest BCUT2D eigenvalue weighted by atomic mass is 9.70. The van der Waals surface area contributed by atoms with Crippen molar-refractivity contribution in [2.75, 3.05) is 19.7 Å². The predicted molar refractivity (Wildman–Crippen MR) is 116 cm³/mol. The van der Waals surface area contributed by atoms with Gasteiger partial charge in [0.2, 0.25) is 11.8 Å². The number of aliphatic carboxylic acids is 1. The van der Waals surface area contributed by atoms with Crippen LogP contribution in [0.25, 0.3) is 0 Å². The molecule has 3 saturated heterocycles. The second-order valence-corrected chi connectivity index (χ2v) is 10.4. The Bertz CT molecular complexity index is 756. The minimum Gasteiger partial charge on any atom is -0.481 e. The van der Waals surface area contributed by atoms with Gasteiger partial charge in [-0.15, -0.1) is 6.58 Å². The number of aliphatic hydroxyl groups excluding tert-OH is 1. The van der Waals surface area contributed by atoms with E-state index in [2.05, 4.69) is 22.5 Å². The fourth-order valence-electron chi connectivity index (χ4n) is 6.28. The number of likely N-dealkylation sites (tertiary alicyclic amines) is 1. The highest BCUT2D eigenvalue weighted by molar-refractivity contribution is 9.09. The summed E-state index contributed by atoms with van der Waals surface area (Å²) in [6.07, 6.45) is 6.89. The summed E-state index contributed by atoms with van der Waals surface area (Å²) in [4.78, 5) is 42.7. The Hall–Kier alpha value is -1.45. The number of amides is 2. The number of fused-ring (bicyclic) bond motifs is 1. The van der Waals surface area contributed by atoms with Gasteiger partial charge in [-0.05, 0) is 25.7 Å². The lowest BCUT2D eigenvalue weighted by molar-refractivity contribution is -0.151. The van der Waals surface area contributed by atoms with Gasteiger partial charge in [-0.2, -0.15) is 0 Å². The van der Waals surface area contributed by atoms with Crippen molar-refractivity contribution in [3.8, 4) is 0 Å². The summed E-state index contributed by atoms with van der Waals surface area (Å²) in [5.41, 5.74) is -1.15. The third kappa shape index (κ3) is 3.53. The number of hydrogen-bond donors (Lipinski definition) is 2. The number of carboxylic acid groups (broad SMARTS) is 1. The number of hydrogen-bond acceptors (Lipinski definition) is 5. The maximum absolute atomic E-state index is 14.0. The maximum atomic E-state index is 14.0. The van der Waals surface area contributed by atoms with Crippen LogP contribution in [-0.4, -0.2) is 86.1 Å². The first-order valence-corrected chi connectivity index (χ1v) is 12.2. The lowest BCUT2D eigenvalue weighted by Crippen LogP contribution is -2.58. The summed E-state index contributed by atoms with van der Waals surface area (Å²) >= 11 is 3.55. The second kappa shape index (κ2) is 8.83. The van der Waals surface area contributed by atoms with Gasteiger partial charge >= 0.3 is 5.97 Å². The van der Waals surface area contributed by atoms with Gasteiger partial charge in [0.05, 0.1) is 17.9 Å². The van der Waals surface area contributed by atoms with Crippen LogP contribution in [0.3, 0.4) is 0 Å². The second-order valence-electron chi connectivity index (χ2n) is 9.18. The van der Waals surface area contributed by atoms with Crippen molar-refractivity contribution < 1.29 is 29.3 Å². The van der Waals surface area contributed by atoms with E-state index in [0.717, 1.165) is 32.1 Å². The number of halogens is 1. The van der Waals surface area contributed by atoms with Gasteiger partial charge in [0.15, 0.2) is 0 Å². The van der Waals surface area contributed by atoms with Gasteiger partial charge in [0, 0.05) is 30.6 Å². The molecule has 0 aromatic rings. The lowest BCUT2D eigenvalue weighted by Gasteiger charge is -2.40. The van der Waals surface area contributed by atoms with Crippen LogP contribution in [0.2, 0.25) is 0 Å². The Balaban J connectivity index is 1.73. The topological polar surface area (TPSA) is 107 Å². The van der Waals surface area contributed by atoms with Crippen LogP contribution in [0.4, 0.5) is 0 Å². The molecule has 3 aliphatic heterocycles. The number of carbonyl (C=O) groups excluding carboxylic acids is 2. The van der Waals surface area contributed by atoms with Crippen molar-refractivity contribution >= 4 is 33.7 Å². The molecule has 2 N–H and O–H groups in total. The quantitative estimate of drug-likeness (QED) is 0.388. The number of rotatable bonds is 8. The number of nitrogens with zero attached hydrogens (tertiary/aromatic N) is 2. The third-order valence-corrected chi connectivity index (χ3v) is 8.33. The fourth-order valence-corrected chi connectivity index (χ4v) is 7.22.